The van der Waals surface area contributed by atoms with Crippen molar-refractivity contribution in [1.29, 1.82) is 0 Å². The number of aliphatic hydroxyl groups excluding tert-OH is 5. The van der Waals surface area contributed by atoms with Crippen LogP contribution >= 0.6 is 0 Å². The maximum atomic E-state index is 11.0. The topological polar surface area (TPSA) is 222 Å². The predicted octanol–water partition coefficient (Wildman–Crippen LogP) is -4.94. The molecule has 13 nitrogen and oxygen atoms in total. The largest absolute Gasteiger partial charge is 0.388 e. The zero-order valence-electron chi connectivity index (χ0n) is 18.4. The maximum Gasteiger partial charge on any atom is 0.187 e. The molecule has 14 unspecified atom stereocenters. The Balaban J connectivity index is 1.70. The van der Waals surface area contributed by atoms with E-state index in [1.807, 2.05) is 0 Å². The minimum atomic E-state index is -1.57. The number of rotatable bonds is 5. The van der Waals surface area contributed by atoms with Crippen LogP contribution in [0.1, 0.15) is 20.3 Å². The molecule has 188 valence electrons. The fourth-order valence-electron chi connectivity index (χ4n) is 4.64. The molecule has 3 aliphatic rings. The van der Waals surface area contributed by atoms with E-state index in [0.717, 1.165) is 0 Å². The summed E-state index contributed by atoms with van der Waals surface area (Å²) in [6.07, 6.45) is -12.4. The molecule has 1 aliphatic carbocycles. The highest BCUT2D eigenvalue weighted by atomic mass is 16.7. The zero-order chi connectivity index (χ0) is 24.0. The summed E-state index contributed by atoms with van der Waals surface area (Å²) in [5.41, 5.74) is 10.9. The first-order valence-corrected chi connectivity index (χ1v) is 10.8. The summed E-state index contributed by atoms with van der Waals surface area (Å²) in [5, 5.41) is 64.9. The Kier molecular flexibility index (Phi) is 8.15. The van der Waals surface area contributed by atoms with Gasteiger partial charge in [-0.3, -0.25) is 0 Å². The molecule has 13 heteroatoms. The van der Waals surface area contributed by atoms with Crippen molar-refractivity contribution in [2.45, 2.75) is 105 Å². The summed E-state index contributed by atoms with van der Waals surface area (Å²) in [7, 11) is 1.58. The summed E-state index contributed by atoms with van der Waals surface area (Å²) in [6, 6.07) is -2.24. The Morgan fingerprint density at radius 3 is 2.00 bits per heavy atom. The number of aliphatic hydroxyl groups is 6. The fourth-order valence-corrected chi connectivity index (χ4v) is 4.64. The lowest BCUT2D eigenvalue weighted by Crippen LogP contribution is -2.69. The van der Waals surface area contributed by atoms with E-state index in [9.17, 15) is 30.6 Å². The Labute approximate surface area is 186 Å². The lowest BCUT2D eigenvalue weighted by atomic mass is 9.84. The second kappa shape index (κ2) is 10.00. The number of hydrogen-bond donors (Lipinski definition) is 9. The van der Waals surface area contributed by atoms with E-state index in [1.165, 1.54) is 13.8 Å². The normalized spacial score (nSPS) is 55.0. The molecular formula is C19H37N3O10. The van der Waals surface area contributed by atoms with E-state index < -0.39 is 85.1 Å². The fraction of sp³-hybridized carbons (Fsp3) is 1.00. The van der Waals surface area contributed by atoms with Crippen LogP contribution in [-0.4, -0.2) is 129 Å². The standard InChI is InChI=1S/C19H37N3O10/c1-6-9(23)10(24)11(25)18(30-6)32-15-8(21)4-7(20)14(12(15)26)31-17-13(27)16(22-3)19(2,28)5-29-17/h6-18,22-28H,4-5,20-21H2,1-3H3. The Morgan fingerprint density at radius 2 is 1.44 bits per heavy atom. The molecule has 0 aromatic heterocycles. The van der Waals surface area contributed by atoms with Gasteiger partial charge in [-0.2, -0.15) is 0 Å². The quantitative estimate of drug-likeness (QED) is 0.185. The smallest absolute Gasteiger partial charge is 0.187 e. The third-order valence-electron chi connectivity index (χ3n) is 6.59. The molecule has 2 aliphatic heterocycles. The van der Waals surface area contributed by atoms with E-state index in [4.69, 9.17) is 30.4 Å². The van der Waals surface area contributed by atoms with Crippen molar-refractivity contribution in [2.24, 2.45) is 11.5 Å². The van der Waals surface area contributed by atoms with Crippen LogP contribution in [0.2, 0.25) is 0 Å². The second-order valence-corrected chi connectivity index (χ2v) is 9.23. The van der Waals surface area contributed by atoms with Crippen LogP contribution in [-0.2, 0) is 18.9 Å². The molecule has 3 rings (SSSR count). The van der Waals surface area contributed by atoms with Gasteiger partial charge < -0.3 is 66.4 Å². The van der Waals surface area contributed by atoms with E-state index in [0.29, 0.717) is 0 Å². The van der Waals surface area contributed by atoms with Gasteiger partial charge in [-0.25, -0.2) is 0 Å². The van der Waals surface area contributed by atoms with Crippen LogP contribution in [0.25, 0.3) is 0 Å². The highest BCUT2D eigenvalue weighted by Gasteiger charge is 2.51. The van der Waals surface area contributed by atoms with Crippen molar-refractivity contribution in [2.75, 3.05) is 13.7 Å². The summed E-state index contributed by atoms with van der Waals surface area (Å²) < 4.78 is 22.5. The van der Waals surface area contributed by atoms with Crippen molar-refractivity contribution in [3.05, 3.63) is 0 Å². The van der Waals surface area contributed by atoms with Crippen molar-refractivity contribution in [1.82, 2.24) is 5.32 Å². The van der Waals surface area contributed by atoms with Crippen molar-refractivity contribution >= 4 is 0 Å². The van der Waals surface area contributed by atoms with E-state index in [2.05, 4.69) is 5.32 Å². The van der Waals surface area contributed by atoms with Gasteiger partial charge in [0, 0.05) is 12.1 Å². The van der Waals surface area contributed by atoms with E-state index in [-0.39, 0.29) is 13.0 Å². The van der Waals surface area contributed by atoms with Crippen molar-refractivity contribution in [3.63, 3.8) is 0 Å². The molecule has 2 heterocycles. The molecule has 11 N–H and O–H groups in total. The molecule has 0 amide bonds. The van der Waals surface area contributed by atoms with E-state index >= 15 is 0 Å². The van der Waals surface area contributed by atoms with Gasteiger partial charge in [-0.1, -0.05) is 0 Å². The number of nitrogens with two attached hydrogens (primary N) is 2. The molecule has 1 saturated carbocycles. The van der Waals surface area contributed by atoms with Crippen LogP contribution in [0, 0.1) is 0 Å². The van der Waals surface area contributed by atoms with Gasteiger partial charge in [0.25, 0.3) is 0 Å². The van der Waals surface area contributed by atoms with E-state index in [1.54, 1.807) is 7.05 Å². The van der Waals surface area contributed by atoms with Gasteiger partial charge in [-0.15, -0.1) is 0 Å². The average Bonchev–Trinajstić information content (AvgIpc) is 2.71. The minimum absolute atomic E-state index is 0.127. The molecule has 3 fully saturated rings. The number of nitrogens with one attached hydrogen (secondary N) is 1. The maximum absolute atomic E-state index is 11.0. The first kappa shape index (κ1) is 26.1. The number of hydrogen-bond acceptors (Lipinski definition) is 13. The summed E-state index contributed by atoms with van der Waals surface area (Å²) in [4.78, 5) is 0. The van der Waals surface area contributed by atoms with Gasteiger partial charge in [0.05, 0.1) is 18.8 Å². The zero-order valence-corrected chi connectivity index (χ0v) is 18.4. The van der Waals surface area contributed by atoms with Crippen molar-refractivity contribution < 1.29 is 49.6 Å². The SMILES string of the molecule is CNC1C(O)C(OC2C(N)CC(N)C(OC3OC(C)C(O)C(O)C3O)C2O)OCC1(C)O. The van der Waals surface area contributed by atoms with Gasteiger partial charge in [-0.05, 0) is 27.3 Å². The summed E-state index contributed by atoms with van der Waals surface area (Å²) in [6.45, 7) is 2.89. The Morgan fingerprint density at radius 1 is 0.875 bits per heavy atom. The molecule has 0 aromatic rings. The molecule has 0 radical (unpaired) electrons. The van der Waals surface area contributed by atoms with Crippen LogP contribution in [0.4, 0.5) is 0 Å². The molecular weight excluding hydrogens is 430 g/mol. The Bertz CT molecular complexity index is 630. The van der Waals surface area contributed by atoms with Crippen LogP contribution < -0.4 is 16.8 Å². The lowest BCUT2D eigenvalue weighted by molar-refractivity contribution is -0.329. The lowest BCUT2D eigenvalue weighted by Gasteiger charge is -2.48. The molecule has 0 bridgehead atoms. The summed E-state index contributed by atoms with van der Waals surface area (Å²) in [5.74, 6) is 0. The minimum Gasteiger partial charge on any atom is -0.388 e. The monoisotopic (exact) mass is 467 g/mol. The third-order valence-corrected chi connectivity index (χ3v) is 6.59. The van der Waals surface area contributed by atoms with Gasteiger partial charge in [0.2, 0.25) is 0 Å². The molecule has 0 aromatic carbocycles. The average molecular weight is 468 g/mol. The van der Waals surface area contributed by atoms with Crippen molar-refractivity contribution in [3.8, 4) is 0 Å². The first-order chi connectivity index (χ1) is 14.9. The molecule has 0 spiro atoms. The van der Waals surface area contributed by atoms with Gasteiger partial charge >= 0.3 is 0 Å². The molecule has 14 atom stereocenters. The Hall–Kier alpha value is -0.520. The van der Waals surface area contributed by atoms with Crippen LogP contribution in [0.15, 0.2) is 0 Å². The molecule has 2 saturated heterocycles. The molecule has 32 heavy (non-hydrogen) atoms. The highest BCUT2D eigenvalue weighted by Crippen LogP contribution is 2.31. The van der Waals surface area contributed by atoms with Gasteiger partial charge in [0.15, 0.2) is 12.6 Å². The number of ether oxygens (including phenoxy) is 4. The second-order valence-electron chi connectivity index (χ2n) is 9.23. The number of likely N-dealkylation sites (N-methyl/N-ethyl adjacent to an activating group) is 1. The first-order valence-electron chi connectivity index (χ1n) is 10.8. The summed E-state index contributed by atoms with van der Waals surface area (Å²) >= 11 is 0. The van der Waals surface area contributed by atoms with Crippen LogP contribution in [0.5, 0.6) is 0 Å². The third kappa shape index (κ3) is 4.95. The highest BCUT2D eigenvalue weighted by molar-refractivity contribution is 5.02. The predicted molar refractivity (Wildman–Crippen MR) is 108 cm³/mol. The van der Waals surface area contributed by atoms with Gasteiger partial charge in [0.1, 0.15) is 48.3 Å². The van der Waals surface area contributed by atoms with Crippen LogP contribution in [0.3, 0.4) is 0 Å².